The second kappa shape index (κ2) is 27.6. The van der Waals surface area contributed by atoms with Gasteiger partial charge in [-0.1, -0.05) is 237 Å². The number of benzene rings is 17. The van der Waals surface area contributed by atoms with Crippen molar-refractivity contribution in [1.82, 2.24) is 48.2 Å². The molecule has 9 aromatic heterocycles. The monoisotopic (exact) mass is 1600 g/mol. The van der Waals surface area contributed by atoms with E-state index in [2.05, 4.69) is 285 Å². The van der Waals surface area contributed by atoms with Crippen LogP contribution in [-0.4, -0.2) is 48.2 Å². The van der Waals surface area contributed by atoms with E-state index in [0.29, 0.717) is 34.9 Å². The summed E-state index contributed by atoms with van der Waals surface area (Å²) in [4.78, 5) is 29.9. The van der Waals surface area contributed by atoms with Crippen LogP contribution in [0.3, 0.4) is 0 Å². The van der Waals surface area contributed by atoms with Gasteiger partial charge in [0.25, 0.3) is 0 Å². The summed E-state index contributed by atoms with van der Waals surface area (Å²) in [6.07, 6.45) is 0. The van der Waals surface area contributed by atoms with E-state index in [0.717, 1.165) is 67.2 Å². The zero-order valence-electron chi connectivity index (χ0n) is 64.6. The molecule has 0 aliphatic rings. The summed E-state index contributed by atoms with van der Waals surface area (Å²) >= 11 is 5.58. The van der Waals surface area contributed by atoms with Gasteiger partial charge in [-0.05, 0) is 152 Å². The lowest BCUT2D eigenvalue weighted by molar-refractivity contribution is 1.07. The highest BCUT2D eigenvalue weighted by molar-refractivity contribution is 7.27. The number of aromatic nitrogens is 10. The maximum Gasteiger partial charge on any atom is 0.164 e. The van der Waals surface area contributed by atoms with Crippen molar-refractivity contribution in [2.24, 2.45) is 0 Å². The molecule has 0 saturated carbocycles. The predicted octanol–water partition coefficient (Wildman–Crippen LogP) is 29.2. The van der Waals surface area contributed by atoms with Crippen molar-refractivity contribution in [3.8, 4) is 91.1 Å². The van der Waals surface area contributed by atoms with Crippen LogP contribution in [0.5, 0.6) is 0 Å². The van der Waals surface area contributed by atoms with Crippen LogP contribution in [0.2, 0.25) is 0 Å². The van der Waals surface area contributed by atoms with Crippen LogP contribution in [0.25, 0.3) is 239 Å². The zero-order chi connectivity index (χ0) is 79.3. The van der Waals surface area contributed by atoms with Crippen LogP contribution in [0.4, 0.5) is 0 Å². The van der Waals surface area contributed by atoms with E-state index in [1.165, 1.54) is 137 Å². The van der Waals surface area contributed by atoms with Gasteiger partial charge in [-0.3, -0.25) is 0 Å². The fourth-order valence-corrected chi connectivity index (χ4v) is 21.9. The molecule has 13 heteroatoms. The van der Waals surface area contributed by atoms with Crippen molar-refractivity contribution in [2.75, 3.05) is 0 Å². The summed E-state index contributed by atoms with van der Waals surface area (Å²) in [6, 6.07) is 139. The van der Waals surface area contributed by atoms with Crippen molar-refractivity contribution in [1.29, 1.82) is 0 Å². The topological polar surface area (TPSA) is 97.1 Å². The molecule has 0 radical (unpaired) electrons. The Morgan fingerprint density at radius 1 is 0.157 bits per heavy atom. The average molecular weight is 1600 g/mol. The molecule has 26 rings (SSSR count). The summed E-state index contributed by atoms with van der Waals surface area (Å²) in [5, 5.41) is 17.6. The van der Waals surface area contributed by atoms with Crippen LogP contribution in [0.1, 0.15) is 0 Å². The average Bonchev–Trinajstić information content (AvgIpc) is 1.56. The van der Waals surface area contributed by atoms with Crippen LogP contribution >= 0.6 is 34.0 Å². The van der Waals surface area contributed by atoms with Gasteiger partial charge in [0.05, 0.1) is 44.1 Å². The Bertz CT molecular complexity index is 8600. The number of para-hydroxylation sites is 4. The minimum absolute atomic E-state index is 0.639. The molecule has 0 unspecified atom stereocenters. The highest BCUT2D eigenvalue weighted by Crippen LogP contribution is 2.48. The summed E-state index contributed by atoms with van der Waals surface area (Å²) in [6.45, 7) is 0. The number of hydrogen-bond donors (Lipinski definition) is 0. The third kappa shape index (κ3) is 11.2. The molecule has 121 heavy (non-hydrogen) atoms. The fraction of sp³-hybridized carbons (Fsp3) is 0. The van der Waals surface area contributed by atoms with Crippen molar-refractivity contribution >= 4 is 182 Å². The molecule has 10 nitrogen and oxygen atoms in total. The summed E-state index contributed by atoms with van der Waals surface area (Å²) in [5.74, 6) is 3.91. The fourth-order valence-electron chi connectivity index (χ4n) is 18.4. The molecule has 0 saturated heterocycles. The van der Waals surface area contributed by atoms with Gasteiger partial charge in [0.15, 0.2) is 34.9 Å². The Morgan fingerprint density at radius 2 is 0.463 bits per heavy atom. The van der Waals surface area contributed by atoms with Crippen LogP contribution < -0.4 is 0 Å². The van der Waals surface area contributed by atoms with Gasteiger partial charge in [0, 0.05) is 160 Å². The standard InChI is InChI=1S/C57H33N5S2.C51H31N5S/c1-3-13-34(14-4-1)55-58-56(35-15-5-2-6-16-35)60-57(59-55)36-23-27-52-44(29-36)45-31-38(25-28-53(45)63-52)61-47-20-10-7-17-39(47)42-30-37(24-26-49(42)61)62-48-21-11-8-18-40(48)43-33-54-46(32-50(43)62)41-19-9-12-22-51(41)64-54;1-3-13-32(14-4-1)49-52-50(33-15-5-2-6-16-33)54-51(53-49)34-23-25-35(26-24-34)55-42-20-10-7-17-37(42)41-31-36(27-29-44(41)55)56-43-21-11-8-19-40(43)47-45(56)30-28-39-38-18-9-12-22-46(38)57-48(39)47/h1-33H;1-31H. The van der Waals surface area contributed by atoms with Gasteiger partial charge in [0.2, 0.25) is 0 Å². The van der Waals surface area contributed by atoms with Crippen LogP contribution in [0.15, 0.2) is 388 Å². The molecule has 0 aliphatic heterocycles. The first-order valence-corrected chi connectivity index (χ1v) is 43.0. The number of rotatable bonds is 10. The van der Waals surface area contributed by atoms with E-state index in [4.69, 9.17) is 29.9 Å². The molecule has 17 aromatic carbocycles. The second-order valence-corrected chi connectivity index (χ2v) is 34.0. The third-order valence-corrected chi connectivity index (χ3v) is 27.4. The number of thiophene rings is 3. The normalized spacial score (nSPS) is 12.0. The molecule has 0 fully saturated rings. The van der Waals surface area contributed by atoms with Gasteiger partial charge < -0.3 is 18.3 Å². The maximum absolute atomic E-state index is 5.05. The molecule has 0 N–H and O–H groups in total. The van der Waals surface area contributed by atoms with Crippen LogP contribution in [0, 0.1) is 0 Å². The predicted molar refractivity (Wildman–Crippen MR) is 508 cm³/mol. The lowest BCUT2D eigenvalue weighted by Gasteiger charge is -2.11. The molecule has 9 heterocycles. The van der Waals surface area contributed by atoms with Crippen molar-refractivity contribution < 1.29 is 0 Å². The van der Waals surface area contributed by atoms with Gasteiger partial charge in [0.1, 0.15) is 0 Å². The smallest absolute Gasteiger partial charge is 0.164 e. The molecule has 564 valence electrons. The second-order valence-electron chi connectivity index (χ2n) is 30.8. The summed E-state index contributed by atoms with van der Waals surface area (Å²) < 4.78 is 17.5. The van der Waals surface area contributed by atoms with Crippen LogP contribution in [-0.2, 0) is 0 Å². The van der Waals surface area contributed by atoms with E-state index in [1.807, 2.05) is 155 Å². The van der Waals surface area contributed by atoms with Crippen molar-refractivity contribution in [3.63, 3.8) is 0 Å². The lowest BCUT2D eigenvalue weighted by atomic mass is 10.1. The van der Waals surface area contributed by atoms with E-state index in [-0.39, 0.29) is 0 Å². The van der Waals surface area contributed by atoms with Crippen molar-refractivity contribution in [2.45, 2.75) is 0 Å². The molecule has 26 aromatic rings. The molecule has 0 bridgehead atoms. The first kappa shape index (κ1) is 68.8. The van der Waals surface area contributed by atoms with Gasteiger partial charge in [-0.25, -0.2) is 29.9 Å². The Labute approximate surface area is 704 Å². The highest BCUT2D eigenvalue weighted by atomic mass is 32.1. The van der Waals surface area contributed by atoms with Crippen molar-refractivity contribution in [3.05, 3.63) is 388 Å². The molecular weight excluding hydrogens is 1530 g/mol. The van der Waals surface area contributed by atoms with E-state index < -0.39 is 0 Å². The number of hydrogen-bond acceptors (Lipinski definition) is 9. The summed E-state index contributed by atoms with van der Waals surface area (Å²) in [5.41, 5.74) is 19.7. The lowest BCUT2D eigenvalue weighted by Crippen LogP contribution is -2.00. The minimum atomic E-state index is 0.639. The largest absolute Gasteiger partial charge is 0.309 e. The van der Waals surface area contributed by atoms with E-state index in [1.54, 1.807) is 0 Å². The first-order valence-electron chi connectivity index (χ1n) is 40.5. The first-order chi connectivity index (χ1) is 60.0. The van der Waals surface area contributed by atoms with Gasteiger partial charge >= 0.3 is 0 Å². The number of nitrogens with zero attached hydrogens (tertiary/aromatic N) is 10. The quantitative estimate of drug-likeness (QED) is 0.135. The Balaban J connectivity index is 0.000000135. The zero-order valence-corrected chi connectivity index (χ0v) is 67.1. The summed E-state index contributed by atoms with van der Waals surface area (Å²) in [7, 11) is 0. The highest BCUT2D eigenvalue weighted by Gasteiger charge is 2.24. The Morgan fingerprint density at radius 3 is 0.975 bits per heavy atom. The molecule has 0 amide bonds. The SMILES string of the molecule is c1ccc(-c2nc(-c3ccccc3)nc(-c3ccc(-n4c5ccccc5c5cc(-n6c7ccccc7c7c8sc9ccccc9c8ccc76)ccc54)cc3)n2)cc1.c1ccc(-c2nc(-c3ccccc3)nc(-c3ccc4sc5ccc(-n6c7ccccc7c7cc(-n8c9ccccc9c9cc%10sc%11ccccc%11c%10cc98)ccc76)cc5c4c3)n2)cc1. The van der Waals surface area contributed by atoms with Gasteiger partial charge in [-0.15, -0.1) is 34.0 Å². The van der Waals surface area contributed by atoms with E-state index >= 15 is 0 Å². The molecule has 0 aliphatic carbocycles. The minimum Gasteiger partial charge on any atom is -0.309 e. The third-order valence-electron chi connectivity index (χ3n) is 23.9. The molecule has 0 atom stereocenters. The molecule has 0 spiro atoms. The van der Waals surface area contributed by atoms with E-state index in [9.17, 15) is 0 Å². The Kier molecular flexibility index (Phi) is 15.7. The maximum atomic E-state index is 5.05. The number of fused-ring (bicyclic) bond motifs is 22. The Hall–Kier alpha value is -15.4. The molecular formula is C108H64N10S3. The van der Waals surface area contributed by atoms with Gasteiger partial charge in [-0.2, -0.15) is 0 Å².